The molecule has 0 fully saturated rings. The Kier molecular flexibility index (Phi) is 5.81. The molecule has 1 N–H and O–H groups in total. The molecule has 3 aromatic heterocycles. The minimum atomic E-state index is -0.298. The van der Waals surface area contributed by atoms with Gasteiger partial charge in [0.1, 0.15) is 17.3 Å². The Hall–Kier alpha value is -3.26. The van der Waals surface area contributed by atoms with Gasteiger partial charge in [-0.05, 0) is 54.1 Å². The maximum atomic E-state index is 13.3. The monoisotopic (exact) mass is 411 g/mol. The molecule has 3 heterocycles. The van der Waals surface area contributed by atoms with E-state index < -0.39 is 0 Å². The quantitative estimate of drug-likeness (QED) is 0.437. The SMILES string of the molecule is O=C(CSc1ncc(-c2ccc(F)cc2)n1Cc1ccco1)NCc1ccco1. The summed E-state index contributed by atoms with van der Waals surface area (Å²) in [6, 6.07) is 13.5. The first-order chi connectivity index (χ1) is 14.2. The summed E-state index contributed by atoms with van der Waals surface area (Å²) < 4.78 is 25.9. The second-order valence-electron chi connectivity index (χ2n) is 6.24. The highest BCUT2D eigenvalue weighted by Crippen LogP contribution is 2.27. The van der Waals surface area contributed by atoms with E-state index in [-0.39, 0.29) is 17.5 Å². The number of carbonyl (C=O) groups excluding carboxylic acids is 1. The fraction of sp³-hybridized carbons (Fsp3) is 0.143. The minimum Gasteiger partial charge on any atom is -0.467 e. The van der Waals surface area contributed by atoms with Gasteiger partial charge >= 0.3 is 0 Å². The summed E-state index contributed by atoms with van der Waals surface area (Å²) in [5.41, 5.74) is 1.65. The summed E-state index contributed by atoms with van der Waals surface area (Å²) in [7, 11) is 0. The van der Waals surface area contributed by atoms with Crippen LogP contribution < -0.4 is 5.32 Å². The first-order valence-electron chi connectivity index (χ1n) is 8.95. The van der Waals surface area contributed by atoms with Gasteiger partial charge in [-0.1, -0.05) is 11.8 Å². The Labute approximate surface area is 170 Å². The van der Waals surface area contributed by atoms with Crippen LogP contribution in [0.15, 0.2) is 81.2 Å². The maximum Gasteiger partial charge on any atom is 0.230 e. The van der Waals surface area contributed by atoms with Gasteiger partial charge in [-0.25, -0.2) is 9.37 Å². The molecule has 0 spiro atoms. The Morgan fingerprint density at radius 1 is 1.07 bits per heavy atom. The number of aromatic nitrogens is 2. The molecule has 0 aliphatic rings. The van der Waals surface area contributed by atoms with Crippen LogP contribution in [0.4, 0.5) is 4.39 Å². The van der Waals surface area contributed by atoms with Gasteiger partial charge in [-0.3, -0.25) is 4.79 Å². The van der Waals surface area contributed by atoms with Gasteiger partial charge in [0.25, 0.3) is 0 Å². The second-order valence-corrected chi connectivity index (χ2v) is 7.19. The lowest BCUT2D eigenvalue weighted by atomic mass is 10.1. The molecule has 6 nitrogen and oxygen atoms in total. The Morgan fingerprint density at radius 2 is 1.79 bits per heavy atom. The van der Waals surface area contributed by atoms with Crippen LogP contribution in [-0.4, -0.2) is 21.2 Å². The normalized spacial score (nSPS) is 10.9. The lowest BCUT2D eigenvalue weighted by Gasteiger charge is -2.11. The van der Waals surface area contributed by atoms with Gasteiger partial charge in [-0.2, -0.15) is 0 Å². The molecule has 0 aliphatic carbocycles. The van der Waals surface area contributed by atoms with E-state index >= 15 is 0 Å². The van der Waals surface area contributed by atoms with E-state index in [0.29, 0.717) is 24.0 Å². The van der Waals surface area contributed by atoms with Crippen LogP contribution in [-0.2, 0) is 17.9 Å². The minimum absolute atomic E-state index is 0.123. The van der Waals surface area contributed by atoms with E-state index in [4.69, 9.17) is 8.83 Å². The van der Waals surface area contributed by atoms with Crippen molar-refractivity contribution in [1.29, 1.82) is 0 Å². The fourth-order valence-electron chi connectivity index (χ4n) is 2.82. The van der Waals surface area contributed by atoms with Crippen molar-refractivity contribution in [3.8, 4) is 11.3 Å². The molecular formula is C21H18FN3O3S. The zero-order valence-corrected chi connectivity index (χ0v) is 16.2. The van der Waals surface area contributed by atoms with Crippen molar-refractivity contribution in [3.05, 3.63) is 84.6 Å². The topological polar surface area (TPSA) is 73.2 Å². The number of thioether (sulfide) groups is 1. The number of rotatable bonds is 8. The molecule has 0 saturated heterocycles. The molecule has 148 valence electrons. The molecule has 0 aliphatic heterocycles. The Morgan fingerprint density at radius 3 is 2.48 bits per heavy atom. The molecule has 1 amide bonds. The highest BCUT2D eigenvalue weighted by molar-refractivity contribution is 7.99. The number of nitrogens with one attached hydrogen (secondary N) is 1. The highest BCUT2D eigenvalue weighted by Gasteiger charge is 2.15. The van der Waals surface area contributed by atoms with Crippen LogP contribution in [0.25, 0.3) is 11.3 Å². The average Bonchev–Trinajstić information content (AvgIpc) is 3.49. The lowest BCUT2D eigenvalue weighted by Crippen LogP contribution is -2.24. The number of furan rings is 2. The number of halogens is 1. The van der Waals surface area contributed by atoms with Gasteiger partial charge in [-0.15, -0.1) is 0 Å². The number of hydrogen-bond donors (Lipinski definition) is 1. The lowest BCUT2D eigenvalue weighted by molar-refractivity contribution is -0.118. The molecule has 29 heavy (non-hydrogen) atoms. The molecule has 4 rings (SSSR count). The van der Waals surface area contributed by atoms with Crippen LogP contribution in [0.5, 0.6) is 0 Å². The van der Waals surface area contributed by atoms with Gasteiger partial charge in [0.2, 0.25) is 5.91 Å². The van der Waals surface area contributed by atoms with Crippen molar-refractivity contribution in [2.45, 2.75) is 18.2 Å². The van der Waals surface area contributed by atoms with Crippen LogP contribution >= 0.6 is 11.8 Å². The van der Waals surface area contributed by atoms with Crippen LogP contribution in [0.2, 0.25) is 0 Å². The zero-order valence-electron chi connectivity index (χ0n) is 15.4. The summed E-state index contributed by atoms with van der Waals surface area (Å²) in [6.45, 7) is 0.796. The Balaban J connectivity index is 1.49. The smallest absolute Gasteiger partial charge is 0.230 e. The summed E-state index contributed by atoms with van der Waals surface area (Å²) in [6.07, 6.45) is 4.90. The van der Waals surface area contributed by atoms with Crippen molar-refractivity contribution >= 4 is 17.7 Å². The molecule has 0 unspecified atom stereocenters. The predicted octanol–water partition coefficient (Wildman–Crippen LogP) is 4.33. The molecule has 0 saturated carbocycles. The van der Waals surface area contributed by atoms with Crippen LogP contribution in [0.3, 0.4) is 0 Å². The van der Waals surface area contributed by atoms with Crippen LogP contribution in [0, 0.1) is 5.82 Å². The Bertz CT molecular complexity index is 1060. The van der Waals surface area contributed by atoms with Gasteiger partial charge in [0.15, 0.2) is 5.16 Å². The molecule has 0 radical (unpaired) electrons. The number of amides is 1. The fourth-order valence-corrected chi connectivity index (χ4v) is 3.62. The molecule has 1 aromatic carbocycles. The molecule has 0 atom stereocenters. The van der Waals surface area contributed by atoms with Crippen molar-refractivity contribution in [2.24, 2.45) is 0 Å². The predicted molar refractivity (Wildman–Crippen MR) is 107 cm³/mol. The molecule has 0 bridgehead atoms. The van der Waals surface area contributed by atoms with Crippen molar-refractivity contribution in [3.63, 3.8) is 0 Å². The summed E-state index contributed by atoms with van der Waals surface area (Å²) in [4.78, 5) is 16.7. The van der Waals surface area contributed by atoms with Gasteiger partial charge < -0.3 is 18.7 Å². The average molecular weight is 411 g/mol. The largest absolute Gasteiger partial charge is 0.467 e. The van der Waals surface area contributed by atoms with Crippen LogP contribution in [0.1, 0.15) is 11.5 Å². The number of hydrogen-bond acceptors (Lipinski definition) is 5. The van der Waals surface area contributed by atoms with Crippen molar-refractivity contribution in [1.82, 2.24) is 14.9 Å². The van der Waals surface area contributed by atoms with E-state index in [2.05, 4.69) is 10.3 Å². The second kappa shape index (κ2) is 8.83. The van der Waals surface area contributed by atoms with E-state index in [1.807, 2.05) is 16.7 Å². The van der Waals surface area contributed by atoms with E-state index in [1.165, 1.54) is 23.9 Å². The van der Waals surface area contributed by atoms with Crippen molar-refractivity contribution in [2.75, 3.05) is 5.75 Å². The third kappa shape index (κ3) is 4.78. The third-order valence-electron chi connectivity index (χ3n) is 4.23. The molecular weight excluding hydrogens is 393 g/mol. The third-order valence-corrected chi connectivity index (χ3v) is 5.22. The highest BCUT2D eigenvalue weighted by atomic mass is 32.2. The standard InChI is InChI=1S/C21H18FN3O3S/c22-16-7-5-15(6-8-16)19-12-24-21(25(19)13-18-4-2-10-28-18)29-14-20(26)23-11-17-3-1-9-27-17/h1-10,12H,11,13-14H2,(H,23,26). The number of benzene rings is 1. The zero-order chi connectivity index (χ0) is 20.1. The first-order valence-corrected chi connectivity index (χ1v) is 9.93. The molecule has 4 aromatic rings. The number of nitrogens with zero attached hydrogens (tertiary/aromatic N) is 2. The van der Waals surface area contributed by atoms with E-state index in [0.717, 1.165) is 17.0 Å². The first kappa shape index (κ1) is 19.1. The van der Waals surface area contributed by atoms with Crippen molar-refractivity contribution < 1.29 is 18.0 Å². The molecule has 8 heteroatoms. The van der Waals surface area contributed by atoms with E-state index in [9.17, 15) is 9.18 Å². The summed E-state index contributed by atoms with van der Waals surface area (Å²) in [5.74, 6) is 1.24. The summed E-state index contributed by atoms with van der Waals surface area (Å²) >= 11 is 1.33. The van der Waals surface area contributed by atoms with Gasteiger partial charge in [0, 0.05) is 0 Å². The number of imidazole rings is 1. The summed E-state index contributed by atoms with van der Waals surface area (Å²) in [5, 5.41) is 3.49. The van der Waals surface area contributed by atoms with E-state index in [1.54, 1.807) is 43.0 Å². The van der Waals surface area contributed by atoms with Gasteiger partial charge in [0.05, 0.1) is 43.3 Å². The number of carbonyl (C=O) groups is 1. The maximum absolute atomic E-state index is 13.3.